The van der Waals surface area contributed by atoms with Gasteiger partial charge < -0.3 is 20.7 Å². The Morgan fingerprint density at radius 3 is 2.91 bits per heavy atom. The number of fused-ring (bicyclic) bond motifs is 1. The van der Waals surface area contributed by atoms with Crippen LogP contribution < -0.4 is 11.1 Å². The number of nitrogens with two attached hydrogens (primary N) is 1. The van der Waals surface area contributed by atoms with E-state index in [1.807, 2.05) is 6.92 Å². The van der Waals surface area contributed by atoms with Gasteiger partial charge in [0.15, 0.2) is 17.3 Å². The number of anilines is 1. The fourth-order valence-corrected chi connectivity index (χ4v) is 2.36. The van der Waals surface area contributed by atoms with E-state index in [9.17, 15) is 4.79 Å². The van der Waals surface area contributed by atoms with Gasteiger partial charge in [-0.25, -0.2) is 9.61 Å². The molecule has 10 nitrogen and oxygen atoms in total. The SMILES string of the molecule is CCn1c(-c2nonc2N)nc2cncc(C(=O)NCCO)c21. The van der Waals surface area contributed by atoms with Crippen LogP contribution in [-0.2, 0) is 6.54 Å². The number of nitrogen functional groups attached to an aromatic ring is 1. The number of hydrogen-bond donors (Lipinski definition) is 3. The lowest BCUT2D eigenvalue weighted by atomic mass is 10.2. The van der Waals surface area contributed by atoms with Gasteiger partial charge in [0, 0.05) is 19.3 Å². The van der Waals surface area contributed by atoms with E-state index in [-0.39, 0.29) is 24.9 Å². The first-order valence-corrected chi connectivity index (χ1v) is 6.99. The maximum atomic E-state index is 12.3. The number of imidazole rings is 1. The quantitative estimate of drug-likeness (QED) is 0.587. The third-order valence-corrected chi connectivity index (χ3v) is 3.33. The summed E-state index contributed by atoms with van der Waals surface area (Å²) in [7, 11) is 0. The Morgan fingerprint density at radius 2 is 2.26 bits per heavy atom. The summed E-state index contributed by atoms with van der Waals surface area (Å²) in [6.07, 6.45) is 3.01. The maximum absolute atomic E-state index is 12.3. The lowest BCUT2D eigenvalue weighted by Gasteiger charge is -2.08. The van der Waals surface area contributed by atoms with Gasteiger partial charge in [0.1, 0.15) is 5.52 Å². The Kier molecular flexibility index (Phi) is 3.89. The van der Waals surface area contributed by atoms with Gasteiger partial charge in [-0.15, -0.1) is 0 Å². The van der Waals surface area contributed by atoms with Crippen LogP contribution in [-0.4, -0.2) is 49.0 Å². The van der Waals surface area contributed by atoms with Crippen molar-refractivity contribution < 1.29 is 14.5 Å². The number of rotatable bonds is 5. The molecular formula is C13H15N7O3. The minimum Gasteiger partial charge on any atom is -0.395 e. The summed E-state index contributed by atoms with van der Waals surface area (Å²) in [6, 6.07) is 0. The van der Waals surface area contributed by atoms with E-state index in [2.05, 4.69) is 30.2 Å². The molecule has 0 aliphatic carbocycles. The second kappa shape index (κ2) is 6.01. The molecule has 10 heteroatoms. The van der Waals surface area contributed by atoms with Gasteiger partial charge in [-0.05, 0) is 17.2 Å². The molecule has 3 heterocycles. The summed E-state index contributed by atoms with van der Waals surface area (Å²) in [5, 5.41) is 18.8. The van der Waals surface area contributed by atoms with Crippen LogP contribution in [0.15, 0.2) is 17.0 Å². The van der Waals surface area contributed by atoms with Crippen molar-refractivity contribution in [3.8, 4) is 11.5 Å². The van der Waals surface area contributed by atoms with E-state index in [1.165, 1.54) is 6.20 Å². The molecule has 0 unspecified atom stereocenters. The van der Waals surface area contributed by atoms with Gasteiger partial charge in [-0.2, -0.15) is 0 Å². The number of carbonyl (C=O) groups excluding carboxylic acids is 1. The number of hydrogen-bond acceptors (Lipinski definition) is 8. The number of aliphatic hydroxyl groups is 1. The molecule has 0 saturated heterocycles. The largest absolute Gasteiger partial charge is 0.395 e. The highest BCUT2D eigenvalue weighted by Crippen LogP contribution is 2.27. The lowest BCUT2D eigenvalue weighted by Crippen LogP contribution is -2.27. The molecule has 0 aliphatic heterocycles. The zero-order chi connectivity index (χ0) is 16.4. The molecule has 3 rings (SSSR count). The van der Waals surface area contributed by atoms with Crippen LogP contribution in [0.4, 0.5) is 5.82 Å². The number of aryl methyl sites for hydroxylation is 1. The highest BCUT2D eigenvalue weighted by molar-refractivity contribution is 6.05. The number of aliphatic hydroxyl groups excluding tert-OH is 1. The van der Waals surface area contributed by atoms with Crippen molar-refractivity contribution >= 4 is 22.8 Å². The Bertz CT molecular complexity index is 854. The predicted molar refractivity (Wildman–Crippen MR) is 80.3 cm³/mol. The van der Waals surface area contributed by atoms with E-state index in [0.29, 0.717) is 34.7 Å². The predicted octanol–water partition coefficient (Wildman–Crippen LogP) is -0.195. The molecule has 0 aromatic carbocycles. The van der Waals surface area contributed by atoms with Crippen molar-refractivity contribution in [2.75, 3.05) is 18.9 Å². The zero-order valence-corrected chi connectivity index (χ0v) is 12.4. The van der Waals surface area contributed by atoms with Gasteiger partial charge in [-0.1, -0.05) is 0 Å². The number of aromatic nitrogens is 5. The molecule has 3 aromatic heterocycles. The van der Waals surface area contributed by atoms with Crippen molar-refractivity contribution in [3.05, 3.63) is 18.0 Å². The van der Waals surface area contributed by atoms with E-state index in [0.717, 1.165) is 0 Å². The zero-order valence-electron chi connectivity index (χ0n) is 12.4. The fourth-order valence-electron chi connectivity index (χ4n) is 2.36. The third-order valence-electron chi connectivity index (χ3n) is 3.33. The summed E-state index contributed by atoms with van der Waals surface area (Å²) in [4.78, 5) is 20.8. The van der Waals surface area contributed by atoms with Crippen LogP contribution in [0.2, 0.25) is 0 Å². The summed E-state index contributed by atoms with van der Waals surface area (Å²) in [6.45, 7) is 2.45. The minimum absolute atomic E-state index is 0.120. The highest BCUT2D eigenvalue weighted by Gasteiger charge is 2.22. The molecule has 4 N–H and O–H groups in total. The lowest BCUT2D eigenvalue weighted by molar-refractivity contribution is 0.0945. The standard InChI is InChI=1S/C13H15N7O3/c1-2-20-10-7(13(22)16-3-4-21)5-15-6-8(10)17-12(20)9-11(14)19-23-18-9/h5-6,21H,2-4H2,1H3,(H2,14,19)(H,16,22). The molecule has 1 amide bonds. The molecule has 0 fully saturated rings. The van der Waals surface area contributed by atoms with Crippen LogP contribution >= 0.6 is 0 Å². The first kappa shape index (κ1) is 14.9. The smallest absolute Gasteiger partial charge is 0.255 e. The molecule has 0 spiro atoms. The molecule has 0 bridgehead atoms. The molecule has 23 heavy (non-hydrogen) atoms. The molecular weight excluding hydrogens is 302 g/mol. The number of carbonyl (C=O) groups is 1. The van der Waals surface area contributed by atoms with Gasteiger partial charge in [0.2, 0.25) is 0 Å². The first-order valence-electron chi connectivity index (χ1n) is 6.99. The molecule has 0 radical (unpaired) electrons. The molecule has 120 valence electrons. The average molecular weight is 317 g/mol. The van der Waals surface area contributed by atoms with Crippen LogP contribution in [0.5, 0.6) is 0 Å². The average Bonchev–Trinajstić information content (AvgIpc) is 3.14. The Morgan fingerprint density at radius 1 is 1.43 bits per heavy atom. The van der Waals surface area contributed by atoms with E-state index >= 15 is 0 Å². The highest BCUT2D eigenvalue weighted by atomic mass is 16.6. The summed E-state index contributed by atoms with van der Waals surface area (Å²) in [5.41, 5.74) is 7.54. The topological polar surface area (TPSA) is 145 Å². The number of nitrogens with one attached hydrogen (secondary N) is 1. The van der Waals surface area contributed by atoms with Crippen LogP contribution in [0.1, 0.15) is 17.3 Å². The normalized spacial score (nSPS) is 11.0. The molecule has 3 aromatic rings. The Labute approximate surface area is 130 Å². The minimum atomic E-state index is -0.343. The van der Waals surface area contributed by atoms with Crippen molar-refractivity contribution in [3.63, 3.8) is 0 Å². The summed E-state index contributed by atoms with van der Waals surface area (Å²) < 4.78 is 6.42. The molecule has 0 saturated carbocycles. The monoisotopic (exact) mass is 317 g/mol. The van der Waals surface area contributed by atoms with Crippen molar-refractivity contribution in [1.82, 2.24) is 30.2 Å². The summed E-state index contributed by atoms with van der Waals surface area (Å²) >= 11 is 0. The van der Waals surface area contributed by atoms with E-state index < -0.39 is 0 Å². The van der Waals surface area contributed by atoms with Crippen molar-refractivity contribution in [2.45, 2.75) is 13.5 Å². The Hall–Kier alpha value is -3.01. The molecule has 0 atom stereocenters. The van der Waals surface area contributed by atoms with Crippen LogP contribution in [0, 0.1) is 0 Å². The third kappa shape index (κ3) is 2.48. The van der Waals surface area contributed by atoms with E-state index in [1.54, 1.807) is 10.8 Å². The second-order valence-corrected chi connectivity index (χ2v) is 4.71. The second-order valence-electron chi connectivity index (χ2n) is 4.71. The van der Waals surface area contributed by atoms with Gasteiger partial charge in [0.05, 0.1) is 23.9 Å². The van der Waals surface area contributed by atoms with Gasteiger partial charge in [0.25, 0.3) is 5.91 Å². The number of pyridine rings is 1. The Balaban J connectivity index is 2.19. The first-order chi connectivity index (χ1) is 11.2. The number of nitrogens with zero attached hydrogens (tertiary/aromatic N) is 5. The summed E-state index contributed by atoms with van der Waals surface area (Å²) in [5.74, 6) is 0.226. The van der Waals surface area contributed by atoms with Crippen molar-refractivity contribution in [2.24, 2.45) is 0 Å². The van der Waals surface area contributed by atoms with Crippen molar-refractivity contribution in [1.29, 1.82) is 0 Å². The molecule has 0 aliphatic rings. The van der Waals surface area contributed by atoms with E-state index in [4.69, 9.17) is 10.8 Å². The van der Waals surface area contributed by atoms with Gasteiger partial charge >= 0.3 is 0 Å². The maximum Gasteiger partial charge on any atom is 0.255 e. The number of amides is 1. The van der Waals surface area contributed by atoms with Crippen LogP contribution in [0.25, 0.3) is 22.6 Å². The van der Waals surface area contributed by atoms with Crippen LogP contribution in [0.3, 0.4) is 0 Å². The fraction of sp³-hybridized carbons (Fsp3) is 0.308. The van der Waals surface area contributed by atoms with Gasteiger partial charge in [-0.3, -0.25) is 9.78 Å².